The van der Waals surface area contributed by atoms with Gasteiger partial charge in [-0.05, 0) is 55.5 Å². The van der Waals surface area contributed by atoms with Crippen LogP contribution < -0.4 is 10.7 Å². The van der Waals surface area contributed by atoms with Crippen molar-refractivity contribution in [3.05, 3.63) is 76.5 Å². The molecule has 1 aliphatic carbocycles. The Morgan fingerprint density at radius 3 is 2.68 bits per heavy atom. The number of aromatic nitrogens is 4. The summed E-state index contributed by atoms with van der Waals surface area (Å²) in [6, 6.07) is 10.2. The van der Waals surface area contributed by atoms with E-state index in [-0.39, 0.29) is 0 Å². The van der Waals surface area contributed by atoms with Gasteiger partial charge in [-0.25, -0.2) is 14.1 Å². The third-order valence-electron chi connectivity index (χ3n) is 6.76. The highest BCUT2D eigenvalue weighted by Crippen LogP contribution is 2.37. The van der Waals surface area contributed by atoms with E-state index in [2.05, 4.69) is 37.1 Å². The highest BCUT2D eigenvalue weighted by molar-refractivity contribution is 6.35. The van der Waals surface area contributed by atoms with Gasteiger partial charge in [0.25, 0.3) is 0 Å². The first-order valence-electron chi connectivity index (χ1n) is 12.9. The second-order valence-electron chi connectivity index (χ2n) is 9.49. The van der Waals surface area contributed by atoms with E-state index in [1.165, 1.54) is 24.8 Å². The molecule has 2 aromatic heterocycles. The number of hydrogen-bond acceptors (Lipinski definition) is 7. The van der Waals surface area contributed by atoms with Gasteiger partial charge in [0.15, 0.2) is 0 Å². The SMILES string of the molecule is [2H][C@](Nc1cc(Cl)c2ncc(C#N)c(NN3CCCCC3)c2c1)(c1ccc(F)cc1)c1cn(C2CC2)nn1. The number of benzene rings is 2. The molecule has 10 heteroatoms. The number of rotatable bonds is 7. The van der Waals surface area contributed by atoms with Gasteiger partial charge in [-0.15, -0.1) is 5.10 Å². The van der Waals surface area contributed by atoms with E-state index in [4.69, 9.17) is 11.6 Å². The van der Waals surface area contributed by atoms with Crippen molar-refractivity contribution in [2.24, 2.45) is 0 Å². The van der Waals surface area contributed by atoms with Crippen LogP contribution in [0.15, 0.2) is 48.8 Å². The minimum atomic E-state index is -1.58. The quantitative estimate of drug-likeness (QED) is 0.318. The first kappa shape index (κ1) is 22.5. The Balaban J connectivity index is 1.44. The van der Waals surface area contributed by atoms with Crippen molar-refractivity contribution >= 4 is 33.9 Å². The fourth-order valence-corrected chi connectivity index (χ4v) is 4.92. The van der Waals surface area contributed by atoms with Crippen molar-refractivity contribution in [1.82, 2.24) is 25.0 Å². The predicted molar refractivity (Wildman–Crippen MR) is 141 cm³/mol. The second-order valence-corrected chi connectivity index (χ2v) is 9.90. The molecule has 1 saturated heterocycles. The molecule has 2 aromatic carbocycles. The molecule has 1 saturated carbocycles. The number of nitriles is 1. The first-order valence-corrected chi connectivity index (χ1v) is 12.8. The normalized spacial score (nSPS) is 18.1. The van der Waals surface area contributed by atoms with Gasteiger partial charge >= 0.3 is 0 Å². The lowest BCUT2D eigenvalue weighted by atomic mass is 10.0. The molecule has 2 N–H and O–H groups in total. The summed E-state index contributed by atoms with van der Waals surface area (Å²) in [6.07, 6.45) is 8.68. The van der Waals surface area contributed by atoms with E-state index in [1.807, 2.05) is 6.07 Å². The zero-order valence-corrected chi connectivity index (χ0v) is 20.8. The largest absolute Gasteiger partial charge is 0.373 e. The summed E-state index contributed by atoms with van der Waals surface area (Å²) in [4.78, 5) is 4.44. The van der Waals surface area contributed by atoms with Crippen molar-refractivity contribution < 1.29 is 5.76 Å². The van der Waals surface area contributed by atoms with Gasteiger partial charge in [0, 0.05) is 30.4 Å². The lowest BCUT2D eigenvalue weighted by Gasteiger charge is -2.29. The molecule has 3 heterocycles. The minimum absolute atomic E-state index is 0.294. The molecule has 1 aliphatic heterocycles. The van der Waals surface area contributed by atoms with Crippen LogP contribution in [0.4, 0.5) is 15.8 Å². The predicted octanol–water partition coefficient (Wildman–Crippen LogP) is 5.84. The molecule has 0 unspecified atom stereocenters. The fourth-order valence-electron chi connectivity index (χ4n) is 4.65. The smallest absolute Gasteiger partial charge is 0.123 e. The van der Waals surface area contributed by atoms with E-state index < -0.39 is 11.8 Å². The summed E-state index contributed by atoms with van der Waals surface area (Å²) in [7, 11) is 0. The number of piperidine rings is 1. The molecule has 0 spiro atoms. The molecule has 4 aromatic rings. The fraction of sp³-hybridized carbons (Fsp3) is 0.333. The van der Waals surface area contributed by atoms with Gasteiger partial charge in [-0.2, -0.15) is 5.26 Å². The molecule has 8 nitrogen and oxygen atoms in total. The van der Waals surface area contributed by atoms with Crippen LogP contribution in [0, 0.1) is 17.1 Å². The summed E-state index contributed by atoms with van der Waals surface area (Å²) in [5, 5.41) is 24.8. The van der Waals surface area contributed by atoms with Crippen molar-refractivity contribution in [2.75, 3.05) is 23.8 Å². The Morgan fingerprint density at radius 2 is 1.95 bits per heavy atom. The Bertz CT molecular complexity index is 1520. The number of hydrazine groups is 1. The Morgan fingerprint density at radius 1 is 1.16 bits per heavy atom. The van der Waals surface area contributed by atoms with Crippen molar-refractivity contribution in [2.45, 2.75) is 44.2 Å². The van der Waals surface area contributed by atoms with Gasteiger partial charge in [-0.3, -0.25) is 4.98 Å². The number of nitrogens with one attached hydrogen (secondary N) is 2. The van der Waals surface area contributed by atoms with E-state index in [1.54, 1.807) is 29.1 Å². The van der Waals surface area contributed by atoms with Crippen LogP contribution in [-0.4, -0.2) is 38.1 Å². The number of halogens is 2. The van der Waals surface area contributed by atoms with Crippen LogP contribution in [0.25, 0.3) is 10.9 Å². The maximum atomic E-state index is 13.8. The summed E-state index contributed by atoms with van der Waals surface area (Å²) in [6.45, 7) is 1.74. The summed E-state index contributed by atoms with van der Waals surface area (Å²) >= 11 is 6.70. The number of pyridine rings is 1. The first-order chi connectivity index (χ1) is 18.4. The minimum Gasteiger partial charge on any atom is -0.373 e. The zero-order valence-electron chi connectivity index (χ0n) is 21.1. The highest BCUT2D eigenvalue weighted by atomic mass is 35.5. The van der Waals surface area contributed by atoms with Gasteiger partial charge in [0.05, 0.1) is 41.4 Å². The van der Waals surface area contributed by atoms with Gasteiger partial charge in [0.1, 0.15) is 17.6 Å². The number of hydrogen-bond donors (Lipinski definition) is 2. The molecule has 37 heavy (non-hydrogen) atoms. The Hall–Kier alpha value is -3.74. The molecule has 0 radical (unpaired) electrons. The average molecular weight is 518 g/mol. The maximum absolute atomic E-state index is 13.8. The van der Waals surface area contributed by atoms with Crippen LogP contribution in [0.2, 0.25) is 5.02 Å². The van der Waals surface area contributed by atoms with Crippen molar-refractivity contribution in [3.63, 3.8) is 0 Å². The zero-order chi connectivity index (χ0) is 26.3. The standard InChI is InChI=1S/C27H26ClFN8/c28-23-13-20(12-22-25(18(14-30)15-31-27(22)23)34-36-10-2-1-3-11-36)32-26(17-4-6-19(29)7-5-17)24-16-37(35-33-24)21-8-9-21/h4-7,12-13,15-16,21,26,32H,1-3,8-11H2,(H,31,34)/t26-/m0/s1/i26D. The number of anilines is 2. The van der Waals surface area contributed by atoms with E-state index in [0.29, 0.717) is 50.2 Å². The van der Waals surface area contributed by atoms with Crippen LogP contribution in [0.3, 0.4) is 0 Å². The van der Waals surface area contributed by atoms with Crippen LogP contribution in [-0.2, 0) is 0 Å². The summed E-state index contributed by atoms with van der Waals surface area (Å²) < 4.78 is 25.1. The molecule has 6 rings (SSSR count). The van der Waals surface area contributed by atoms with E-state index >= 15 is 0 Å². The van der Waals surface area contributed by atoms with E-state index in [9.17, 15) is 11.0 Å². The summed E-state index contributed by atoms with van der Waals surface area (Å²) in [5.41, 5.74) is 6.40. The molecule has 0 amide bonds. The third kappa shape index (κ3) is 4.95. The molecule has 2 fully saturated rings. The van der Waals surface area contributed by atoms with Crippen molar-refractivity contribution in [1.29, 1.82) is 5.26 Å². The van der Waals surface area contributed by atoms with Crippen LogP contribution in [0.1, 0.15) is 62.4 Å². The Labute approximate surface area is 220 Å². The molecule has 0 bridgehead atoms. The Kier molecular flexibility index (Phi) is 6.04. The molecule has 1 atom stereocenters. The van der Waals surface area contributed by atoms with Crippen LogP contribution in [0.5, 0.6) is 0 Å². The van der Waals surface area contributed by atoms with Gasteiger partial charge < -0.3 is 10.7 Å². The maximum Gasteiger partial charge on any atom is 0.123 e. The van der Waals surface area contributed by atoms with Crippen LogP contribution >= 0.6 is 11.6 Å². The summed E-state index contributed by atoms with van der Waals surface area (Å²) in [5.74, 6) is -0.393. The number of nitrogens with zero attached hydrogens (tertiary/aromatic N) is 6. The molecule has 2 aliphatic rings. The van der Waals surface area contributed by atoms with E-state index in [0.717, 1.165) is 38.8 Å². The molecular formula is C27H26ClFN8. The van der Waals surface area contributed by atoms with Gasteiger partial charge in [0.2, 0.25) is 0 Å². The monoisotopic (exact) mass is 517 g/mol. The number of fused-ring (bicyclic) bond motifs is 1. The highest BCUT2D eigenvalue weighted by Gasteiger charge is 2.27. The molecule has 188 valence electrons. The topological polar surface area (TPSA) is 94.7 Å². The van der Waals surface area contributed by atoms with Gasteiger partial charge in [-0.1, -0.05) is 35.4 Å². The lowest BCUT2D eigenvalue weighted by Crippen LogP contribution is -2.35. The lowest BCUT2D eigenvalue weighted by molar-refractivity contribution is 0.273. The average Bonchev–Trinajstić information content (AvgIpc) is 3.65. The third-order valence-corrected chi connectivity index (χ3v) is 7.05. The second kappa shape index (κ2) is 9.96. The van der Waals surface area contributed by atoms with Crippen molar-refractivity contribution in [3.8, 4) is 6.07 Å². The molecular weight excluding hydrogens is 491 g/mol.